The standard InChI is InChI=1S/C9H13FN2O/c1-12(2)9-5-3-4-8(10)7(9)6-13-11/h3-5H,6,11H2,1-2H3. The molecule has 0 amide bonds. The lowest BCUT2D eigenvalue weighted by molar-refractivity contribution is 0.122. The van der Waals surface area contributed by atoms with Gasteiger partial charge in [-0.3, -0.25) is 4.84 Å². The third-order valence-corrected chi connectivity index (χ3v) is 1.80. The van der Waals surface area contributed by atoms with E-state index in [0.29, 0.717) is 5.56 Å². The quantitative estimate of drug-likeness (QED) is 0.719. The van der Waals surface area contributed by atoms with Crippen LogP contribution in [0, 0.1) is 5.82 Å². The van der Waals surface area contributed by atoms with E-state index in [1.165, 1.54) is 6.07 Å². The Bertz CT molecular complexity index is 289. The summed E-state index contributed by atoms with van der Waals surface area (Å²) in [5.41, 5.74) is 1.26. The Hall–Kier alpha value is -1.13. The van der Waals surface area contributed by atoms with Gasteiger partial charge in [0.25, 0.3) is 0 Å². The first kappa shape index (κ1) is 9.95. The number of anilines is 1. The molecule has 0 bridgehead atoms. The summed E-state index contributed by atoms with van der Waals surface area (Å²) in [4.78, 5) is 6.25. The molecule has 0 aliphatic carbocycles. The molecule has 0 saturated carbocycles. The minimum Gasteiger partial charge on any atom is -0.377 e. The Labute approximate surface area is 76.9 Å². The fraction of sp³-hybridized carbons (Fsp3) is 0.333. The largest absolute Gasteiger partial charge is 0.377 e. The van der Waals surface area contributed by atoms with Crippen molar-refractivity contribution in [2.24, 2.45) is 5.90 Å². The summed E-state index contributed by atoms with van der Waals surface area (Å²) in [5.74, 6) is 4.62. The van der Waals surface area contributed by atoms with Crippen LogP contribution in [-0.4, -0.2) is 14.1 Å². The van der Waals surface area contributed by atoms with Crippen molar-refractivity contribution in [3.05, 3.63) is 29.6 Å². The molecule has 0 unspecified atom stereocenters. The van der Waals surface area contributed by atoms with Crippen LogP contribution >= 0.6 is 0 Å². The number of halogens is 1. The van der Waals surface area contributed by atoms with Crippen molar-refractivity contribution < 1.29 is 9.23 Å². The van der Waals surface area contributed by atoms with Gasteiger partial charge < -0.3 is 4.90 Å². The molecule has 13 heavy (non-hydrogen) atoms. The van der Waals surface area contributed by atoms with Crippen molar-refractivity contribution in [3.8, 4) is 0 Å². The molecule has 1 aromatic carbocycles. The zero-order valence-electron chi connectivity index (χ0n) is 7.75. The van der Waals surface area contributed by atoms with Gasteiger partial charge in [0, 0.05) is 25.3 Å². The molecule has 0 fully saturated rings. The van der Waals surface area contributed by atoms with Crippen LogP contribution in [0.2, 0.25) is 0 Å². The lowest BCUT2D eigenvalue weighted by Crippen LogP contribution is -2.13. The highest BCUT2D eigenvalue weighted by Crippen LogP contribution is 2.21. The highest BCUT2D eigenvalue weighted by molar-refractivity contribution is 5.52. The van der Waals surface area contributed by atoms with Gasteiger partial charge >= 0.3 is 0 Å². The average molecular weight is 184 g/mol. The molecule has 0 saturated heterocycles. The predicted molar refractivity (Wildman–Crippen MR) is 49.7 cm³/mol. The lowest BCUT2D eigenvalue weighted by Gasteiger charge is -2.17. The van der Waals surface area contributed by atoms with Crippen LogP contribution in [0.25, 0.3) is 0 Å². The fourth-order valence-corrected chi connectivity index (χ4v) is 1.19. The number of hydrogen-bond donors (Lipinski definition) is 1. The summed E-state index contributed by atoms with van der Waals surface area (Å²) in [5, 5.41) is 0. The van der Waals surface area contributed by atoms with E-state index in [2.05, 4.69) is 4.84 Å². The Kier molecular flexibility index (Phi) is 3.22. The van der Waals surface area contributed by atoms with Crippen molar-refractivity contribution in [1.82, 2.24) is 0 Å². The summed E-state index contributed by atoms with van der Waals surface area (Å²) in [7, 11) is 3.68. The molecule has 1 aromatic rings. The Morgan fingerprint density at radius 1 is 1.46 bits per heavy atom. The second-order valence-electron chi connectivity index (χ2n) is 2.94. The lowest BCUT2D eigenvalue weighted by atomic mass is 10.1. The molecule has 2 N–H and O–H groups in total. The smallest absolute Gasteiger partial charge is 0.130 e. The van der Waals surface area contributed by atoms with Crippen molar-refractivity contribution in [2.45, 2.75) is 6.61 Å². The average Bonchev–Trinajstić information content (AvgIpc) is 2.08. The second kappa shape index (κ2) is 4.20. The minimum absolute atomic E-state index is 0.0835. The van der Waals surface area contributed by atoms with E-state index < -0.39 is 0 Å². The molecular formula is C9H13FN2O. The second-order valence-corrected chi connectivity index (χ2v) is 2.94. The van der Waals surface area contributed by atoms with Crippen molar-refractivity contribution in [1.29, 1.82) is 0 Å². The first-order valence-corrected chi connectivity index (χ1v) is 3.93. The zero-order valence-corrected chi connectivity index (χ0v) is 7.75. The van der Waals surface area contributed by atoms with E-state index in [9.17, 15) is 4.39 Å². The molecule has 0 radical (unpaired) electrons. The van der Waals surface area contributed by atoms with Gasteiger partial charge in [0.2, 0.25) is 0 Å². The number of nitrogens with two attached hydrogens (primary N) is 1. The first-order chi connectivity index (χ1) is 6.16. The maximum absolute atomic E-state index is 13.2. The van der Waals surface area contributed by atoms with Gasteiger partial charge in [-0.05, 0) is 12.1 Å². The van der Waals surface area contributed by atoms with E-state index in [-0.39, 0.29) is 12.4 Å². The van der Waals surface area contributed by atoms with Gasteiger partial charge in [-0.25, -0.2) is 10.3 Å². The minimum atomic E-state index is -0.295. The molecule has 0 atom stereocenters. The molecule has 72 valence electrons. The van der Waals surface area contributed by atoms with Crippen LogP contribution in [0.4, 0.5) is 10.1 Å². The Morgan fingerprint density at radius 3 is 2.69 bits per heavy atom. The van der Waals surface area contributed by atoms with Crippen molar-refractivity contribution >= 4 is 5.69 Å². The molecule has 4 heteroatoms. The van der Waals surface area contributed by atoms with Crippen LogP contribution in [0.5, 0.6) is 0 Å². The van der Waals surface area contributed by atoms with Gasteiger partial charge in [-0.15, -0.1) is 0 Å². The summed E-state index contributed by atoms with van der Waals surface area (Å²) in [6.07, 6.45) is 0. The summed E-state index contributed by atoms with van der Waals surface area (Å²) >= 11 is 0. The summed E-state index contributed by atoms with van der Waals surface area (Å²) < 4.78 is 13.2. The van der Waals surface area contributed by atoms with Gasteiger partial charge in [0.15, 0.2) is 0 Å². The van der Waals surface area contributed by atoms with Crippen LogP contribution in [-0.2, 0) is 11.4 Å². The van der Waals surface area contributed by atoms with Crippen molar-refractivity contribution in [2.75, 3.05) is 19.0 Å². The van der Waals surface area contributed by atoms with E-state index in [1.54, 1.807) is 6.07 Å². The third kappa shape index (κ3) is 2.17. The summed E-state index contributed by atoms with van der Waals surface area (Å²) in [6.45, 7) is 0.0835. The molecule has 1 rings (SSSR count). The molecular weight excluding hydrogens is 171 g/mol. The van der Waals surface area contributed by atoms with E-state index in [0.717, 1.165) is 5.69 Å². The van der Waals surface area contributed by atoms with Crippen molar-refractivity contribution in [3.63, 3.8) is 0 Å². The van der Waals surface area contributed by atoms with E-state index >= 15 is 0 Å². The van der Waals surface area contributed by atoms with Crippen LogP contribution in [0.3, 0.4) is 0 Å². The first-order valence-electron chi connectivity index (χ1n) is 3.93. The monoisotopic (exact) mass is 184 g/mol. The fourth-order valence-electron chi connectivity index (χ4n) is 1.19. The highest BCUT2D eigenvalue weighted by atomic mass is 19.1. The maximum atomic E-state index is 13.2. The number of rotatable bonds is 3. The Balaban J connectivity index is 3.09. The highest BCUT2D eigenvalue weighted by Gasteiger charge is 2.09. The van der Waals surface area contributed by atoms with Gasteiger partial charge in [0.05, 0.1) is 6.61 Å². The number of hydrogen-bond acceptors (Lipinski definition) is 3. The zero-order chi connectivity index (χ0) is 9.84. The van der Waals surface area contributed by atoms with Gasteiger partial charge in [-0.2, -0.15) is 0 Å². The molecule has 3 nitrogen and oxygen atoms in total. The topological polar surface area (TPSA) is 38.5 Å². The Morgan fingerprint density at radius 2 is 2.15 bits per heavy atom. The van der Waals surface area contributed by atoms with Crippen LogP contribution in [0.15, 0.2) is 18.2 Å². The SMILES string of the molecule is CN(C)c1cccc(F)c1CON. The summed E-state index contributed by atoms with van der Waals surface area (Å²) in [6, 6.07) is 4.86. The van der Waals surface area contributed by atoms with E-state index in [4.69, 9.17) is 5.90 Å². The van der Waals surface area contributed by atoms with Crippen LogP contribution in [0.1, 0.15) is 5.56 Å². The number of benzene rings is 1. The molecule has 0 aliphatic rings. The third-order valence-electron chi connectivity index (χ3n) is 1.80. The molecule has 0 heterocycles. The molecule has 0 aromatic heterocycles. The molecule has 0 aliphatic heterocycles. The molecule has 0 spiro atoms. The maximum Gasteiger partial charge on any atom is 0.130 e. The van der Waals surface area contributed by atoms with E-state index in [1.807, 2.05) is 25.1 Å². The normalized spacial score (nSPS) is 10.2. The predicted octanol–water partition coefficient (Wildman–Crippen LogP) is 1.28. The van der Waals surface area contributed by atoms with Crippen LogP contribution < -0.4 is 10.8 Å². The number of nitrogens with zero attached hydrogens (tertiary/aromatic N) is 1. The van der Waals surface area contributed by atoms with Gasteiger partial charge in [-0.1, -0.05) is 6.07 Å². The van der Waals surface area contributed by atoms with Gasteiger partial charge in [0.1, 0.15) is 5.82 Å².